The topological polar surface area (TPSA) is 55.5 Å². The fraction of sp³-hybridized carbons (Fsp3) is 0. The summed E-state index contributed by atoms with van der Waals surface area (Å²) in [6.45, 7) is 0. The number of halogens is 1. The molecule has 15 heavy (non-hydrogen) atoms. The van der Waals surface area contributed by atoms with Gasteiger partial charge in [0.05, 0.1) is 0 Å². The number of isocyanates is 1. The molecule has 5 heteroatoms. The Morgan fingerprint density at radius 3 is 3.00 bits per heavy atom. The first-order valence-corrected chi connectivity index (χ1v) is 4.89. The second-order valence-corrected chi connectivity index (χ2v) is 3.68. The summed E-state index contributed by atoms with van der Waals surface area (Å²) in [7, 11) is 0. The van der Waals surface area contributed by atoms with Gasteiger partial charge in [-0.15, -0.1) is 4.99 Å². The number of nitrogens with zero attached hydrogens (tertiary/aromatic N) is 2. The van der Waals surface area contributed by atoms with Crippen molar-refractivity contribution >= 4 is 27.8 Å². The van der Waals surface area contributed by atoms with E-state index in [1.807, 2.05) is 24.3 Å². The molecule has 0 aliphatic carbocycles. The lowest BCUT2D eigenvalue weighted by Gasteiger charge is -1.94. The van der Waals surface area contributed by atoms with Gasteiger partial charge >= 0.3 is 0 Å². The van der Waals surface area contributed by atoms with Crippen molar-refractivity contribution in [3.63, 3.8) is 0 Å². The maximum absolute atomic E-state index is 9.99. The molecule has 0 radical (unpaired) electrons. The predicted molar refractivity (Wildman–Crippen MR) is 57.4 cm³/mol. The molecule has 4 nitrogen and oxygen atoms in total. The SMILES string of the molecule is O=C=Nc1cc(-c2cccc(Br)c2)on1. The van der Waals surface area contributed by atoms with Gasteiger partial charge in [0.25, 0.3) is 0 Å². The van der Waals surface area contributed by atoms with Gasteiger partial charge in [0.2, 0.25) is 11.9 Å². The molecule has 0 aliphatic rings. The quantitative estimate of drug-likeness (QED) is 0.619. The first kappa shape index (κ1) is 9.83. The van der Waals surface area contributed by atoms with Crippen molar-refractivity contribution in [2.45, 2.75) is 0 Å². The molecule has 1 heterocycles. The Bertz CT molecular complexity index is 530. The van der Waals surface area contributed by atoms with Gasteiger partial charge in [-0.05, 0) is 12.1 Å². The fourth-order valence-electron chi connectivity index (χ4n) is 1.14. The highest BCUT2D eigenvalue weighted by atomic mass is 79.9. The fourth-order valence-corrected chi connectivity index (χ4v) is 1.54. The van der Waals surface area contributed by atoms with E-state index in [1.54, 1.807) is 6.07 Å². The Hall–Kier alpha value is -1.71. The van der Waals surface area contributed by atoms with E-state index >= 15 is 0 Å². The third-order valence-electron chi connectivity index (χ3n) is 1.77. The molecule has 0 unspecified atom stereocenters. The second kappa shape index (κ2) is 4.21. The molecule has 0 atom stereocenters. The summed E-state index contributed by atoms with van der Waals surface area (Å²) in [5.74, 6) is 0.783. The summed E-state index contributed by atoms with van der Waals surface area (Å²) < 4.78 is 5.96. The minimum atomic E-state index is 0.222. The Labute approximate surface area is 93.7 Å². The van der Waals surface area contributed by atoms with Crippen molar-refractivity contribution in [2.24, 2.45) is 4.99 Å². The van der Waals surface area contributed by atoms with Crippen LogP contribution >= 0.6 is 15.9 Å². The van der Waals surface area contributed by atoms with Crippen LogP contribution in [0.1, 0.15) is 0 Å². The number of hydrogen-bond acceptors (Lipinski definition) is 4. The van der Waals surface area contributed by atoms with Gasteiger partial charge in [-0.1, -0.05) is 33.2 Å². The molecule has 0 saturated carbocycles. The Morgan fingerprint density at radius 1 is 1.40 bits per heavy atom. The van der Waals surface area contributed by atoms with Crippen LogP contribution in [0.25, 0.3) is 11.3 Å². The second-order valence-electron chi connectivity index (χ2n) is 2.76. The molecule has 0 bridgehead atoms. The molecule has 0 N–H and O–H groups in total. The van der Waals surface area contributed by atoms with Crippen molar-refractivity contribution in [2.75, 3.05) is 0 Å². The van der Waals surface area contributed by atoms with Crippen LogP contribution in [0.4, 0.5) is 5.82 Å². The maximum atomic E-state index is 9.99. The average molecular weight is 265 g/mol. The molecule has 1 aromatic heterocycles. The first-order chi connectivity index (χ1) is 7.29. The molecule has 2 aromatic rings. The molecular formula is C10H5BrN2O2. The van der Waals surface area contributed by atoms with E-state index in [2.05, 4.69) is 26.1 Å². The zero-order valence-electron chi connectivity index (χ0n) is 7.48. The van der Waals surface area contributed by atoms with Crippen LogP contribution < -0.4 is 0 Å². The smallest absolute Gasteiger partial charge is 0.242 e. The molecule has 2 rings (SSSR count). The standard InChI is InChI=1S/C10H5BrN2O2/c11-8-3-1-2-7(4-8)9-5-10(12-6-14)13-15-9/h1-5H. The van der Waals surface area contributed by atoms with Crippen LogP contribution in [0.15, 0.2) is 44.3 Å². The third-order valence-corrected chi connectivity index (χ3v) is 2.26. The van der Waals surface area contributed by atoms with Crippen molar-refractivity contribution in [3.05, 3.63) is 34.8 Å². The maximum Gasteiger partial charge on any atom is 0.242 e. The van der Waals surface area contributed by atoms with E-state index in [-0.39, 0.29) is 5.82 Å². The van der Waals surface area contributed by atoms with E-state index in [1.165, 1.54) is 6.08 Å². The highest BCUT2D eigenvalue weighted by Crippen LogP contribution is 2.25. The van der Waals surface area contributed by atoms with Gasteiger partial charge in [-0.25, -0.2) is 4.79 Å². The van der Waals surface area contributed by atoms with Crippen LogP contribution in [0.2, 0.25) is 0 Å². The number of benzene rings is 1. The van der Waals surface area contributed by atoms with Gasteiger partial charge in [0, 0.05) is 16.1 Å². The van der Waals surface area contributed by atoms with Crippen molar-refractivity contribution in [1.82, 2.24) is 5.16 Å². The Balaban J connectivity index is 2.41. The van der Waals surface area contributed by atoms with Crippen LogP contribution in [0.3, 0.4) is 0 Å². The summed E-state index contributed by atoms with van der Waals surface area (Å²) in [5.41, 5.74) is 0.865. The summed E-state index contributed by atoms with van der Waals surface area (Å²) in [6, 6.07) is 9.12. The van der Waals surface area contributed by atoms with Crippen molar-refractivity contribution < 1.29 is 9.32 Å². The molecule has 1 aromatic carbocycles. The van der Waals surface area contributed by atoms with Gasteiger partial charge in [0.1, 0.15) is 0 Å². The molecule has 74 valence electrons. The summed E-state index contributed by atoms with van der Waals surface area (Å²) in [5, 5.41) is 3.59. The normalized spacial score (nSPS) is 9.67. The highest BCUT2D eigenvalue weighted by molar-refractivity contribution is 9.10. The van der Waals surface area contributed by atoms with Crippen molar-refractivity contribution in [3.8, 4) is 11.3 Å². The number of carbonyl (C=O) groups excluding carboxylic acids is 1. The number of aliphatic imine (C=N–C) groups is 1. The molecule has 0 spiro atoms. The van der Waals surface area contributed by atoms with E-state index in [4.69, 9.17) is 4.52 Å². The molecule has 0 saturated heterocycles. The number of rotatable bonds is 2. The van der Waals surface area contributed by atoms with E-state index in [9.17, 15) is 4.79 Å². The zero-order valence-corrected chi connectivity index (χ0v) is 9.06. The van der Waals surface area contributed by atoms with Crippen LogP contribution in [0, 0.1) is 0 Å². The van der Waals surface area contributed by atoms with Gasteiger partial charge in [-0.3, -0.25) is 0 Å². The zero-order chi connectivity index (χ0) is 10.7. The van der Waals surface area contributed by atoms with Crippen LogP contribution in [-0.4, -0.2) is 11.2 Å². The summed E-state index contributed by atoms with van der Waals surface area (Å²) in [6.07, 6.45) is 1.40. The van der Waals surface area contributed by atoms with Gasteiger partial charge < -0.3 is 4.52 Å². The lowest BCUT2D eigenvalue weighted by atomic mass is 10.2. The van der Waals surface area contributed by atoms with Gasteiger partial charge in [-0.2, -0.15) is 0 Å². The van der Waals surface area contributed by atoms with Gasteiger partial charge in [0.15, 0.2) is 5.76 Å². The molecular weight excluding hydrogens is 260 g/mol. The summed E-state index contributed by atoms with van der Waals surface area (Å²) >= 11 is 3.35. The van der Waals surface area contributed by atoms with Crippen LogP contribution in [0.5, 0.6) is 0 Å². The minimum Gasteiger partial charge on any atom is -0.354 e. The van der Waals surface area contributed by atoms with E-state index < -0.39 is 0 Å². The Morgan fingerprint density at radius 2 is 2.27 bits per heavy atom. The third kappa shape index (κ3) is 2.21. The predicted octanol–water partition coefficient (Wildman–Crippen LogP) is 3.07. The highest BCUT2D eigenvalue weighted by Gasteiger charge is 2.05. The molecule has 0 aliphatic heterocycles. The summed E-state index contributed by atoms with van der Waals surface area (Å²) in [4.78, 5) is 13.3. The van der Waals surface area contributed by atoms with E-state index in [0.29, 0.717) is 5.76 Å². The largest absolute Gasteiger partial charge is 0.354 e. The monoisotopic (exact) mass is 264 g/mol. The average Bonchev–Trinajstić information content (AvgIpc) is 2.67. The molecule has 0 fully saturated rings. The van der Waals surface area contributed by atoms with Crippen molar-refractivity contribution in [1.29, 1.82) is 0 Å². The minimum absolute atomic E-state index is 0.222. The first-order valence-electron chi connectivity index (χ1n) is 4.10. The number of aromatic nitrogens is 1. The van der Waals surface area contributed by atoms with Crippen LogP contribution in [-0.2, 0) is 4.79 Å². The lowest BCUT2D eigenvalue weighted by Crippen LogP contribution is -1.72. The molecule has 0 amide bonds. The number of hydrogen-bond donors (Lipinski definition) is 0. The van der Waals surface area contributed by atoms with E-state index in [0.717, 1.165) is 10.0 Å². The lowest BCUT2D eigenvalue weighted by molar-refractivity contribution is 0.434. The Kier molecular flexibility index (Phi) is 2.76.